The van der Waals surface area contributed by atoms with Gasteiger partial charge in [0.25, 0.3) is 5.91 Å². The van der Waals surface area contributed by atoms with Crippen LogP contribution in [0.25, 0.3) is 10.8 Å². The molecule has 0 N–H and O–H groups in total. The molecule has 3 heterocycles. The first-order valence-corrected chi connectivity index (χ1v) is 8.46. The minimum absolute atomic E-state index is 0.110. The van der Waals surface area contributed by atoms with E-state index in [-0.39, 0.29) is 5.91 Å². The standard InChI is InChI=1S/C17H17BrN2O/c18-12-9-13-5-6-14(10-12)20(13)17(21)16-15-4-2-1-3-11(15)7-8-19-16/h1-4,7-8,12-14H,5-6,9-10H2. The first-order valence-electron chi connectivity index (χ1n) is 7.54. The van der Waals surface area contributed by atoms with Crippen molar-refractivity contribution in [1.29, 1.82) is 0 Å². The minimum atomic E-state index is 0.110. The van der Waals surface area contributed by atoms with Crippen LogP contribution in [0.2, 0.25) is 0 Å². The lowest BCUT2D eigenvalue weighted by Gasteiger charge is -2.37. The number of amides is 1. The summed E-state index contributed by atoms with van der Waals surface area (Å²) in [5, 5.41) is 2.05. The molecule has 1 aromatic heterocycles. The first-order chi connectivity index (χ1) is 10.2. The molecule has 2 bridgehead atoms. The monoisotopic (exact) mass is 344 g/mol. The number of pyridine rings is 1. The lowest BCUT2D eigenvalue weighted by Crippen LogP contribution is -2.47. The summed E-state index contributed by atoms with van der Waals surface area (Å²) in [5.74, 6) is 0.110. The molecule has 2 aromatic rings. The summed E-state index contributed by atoms with van der Waals surface area (Å²) in [7, 11) is 0. The van der Waals surface area contributed by atoms with Gasteiger partial charge in [-0.2, -0.15) is 0 Å². The van der Waals surface area contributed by atoms with Gasteiger partial charge in [0.1, 0.15) is 5.69 Å². The molecule has 4 heteroatoms. The Kier molecular flexibility index (Phi) is 3.21. The van der Waals surface area contributed by atoms with E-state index in [2.05, 4.69) is 25.8 Å². The van der Waals surface area contributed by atoms with Gasteiger partial charge < -0.3 is 4.90 Å². The van der Waals surface area contributed by atoms with Gasteiger partial charge >= 0.3 is 0 Å². The van der Waals surface area contributed by atoms with E-state index >= 15 is 0 Å². The molecule has 108 valence electrons. The van der Waals surface area contributed by atoms with E-state index in [1.54, 1.807) is 6.20 Å². The van der Waals surface area contributed by atoms with Gasteiger partial charge in [0, 0.05) is 28.5 Å². The zero-order valence-electron chi connectivity index (χ0n) is 11.7. The summed E-state index contributed by atoms with van der Waals surface area (Å²) in [5.41, 5.74) is 0.609. The van der Waals surface area contributed by atoms with Crippen molar-refractivity contribution in [2.24, 2.45) is 0 Å². The highest BCUT2D eigenvalue weighted by molar-refractivity contribution is 9.09. The van der Waals surface area contributed by atoms with Crippen LogP contribution in [0.3, 0.4) is 0 Å². The first kappa shape index (κ1) is 13.3. The topological polar surface area (TPSA) is 33.2 Å². The Hall–Kier alpha value is -1.42. The van der Waals surface area contributed by atoms with Crippen LogP contribution in [0.5, 0.6) is 0 Å². The van der Waals surface area contributed by atoms with Gasteiger partial charge in [-0.25, -0.2) is 0 Å². The molecule has 2 unspecified atom stereocenters. The molecule has 3 nitrogen and oxygen atoms in total. The van der Waals surface area contributed by atoms with Gasteiger partial charge in [0.15, 0.2) is 0 Å². The largest absolute Gasteiger partial charge is 0.331 e. The molecular weight excluding hydrogens is 328 g/mol. The summed E-state index contributed by atoms with van der Waals surface area (Å²) in [6, 6.07) is 10.7. The number of rotatable bonds is 1. The quantitative estimate of drug-likeness (QED) is 0.738. The van der Waals surface area contributed by atoms with Crippen molar-refractivity contribution in [3.05, 3.63) is 42.2 Å². The van der Waals surface area contributed by atoms with E-state index in [1.807, 2.05) is 30.3 Å². The third-order valence-corrected chi connectivity index (χ3v) is 5.53. The zero-order chi connectivity index (χ0) is 14.4. The number of hydrogen-bond donors (Lipinski definition) is 0. The Morgan fingerprint density at radius 1 is 1.14 bits per heavy atom. The van der Waals surface area contributed by atoms with Crippen LogP contribution < -0.4 is 0 Å². The van der Waals surface area contributed by atoms with Crippen molar-refractivity contribution >= 4 is 32.6 Å². The number of aromatic nitrogens is 1. The fourth-order valence-electron chi connectivity index (χ4n) is 3.85. The summed E-state index contributed by atoms with van der Waals surface area (Å²) in [6.07, 6.45) is 6.13. The molecule has 1 amide bonds. The second-order valence-corrected chi connectivity index (χ2v) is 7.34. The number of carbonyl (C=O) groups excluding carboxylic acids is 1. The van der Waals surface area contributed by atoms with Gasteiger partial charge in [0.05, 0.1) is 0 Å². The zero-order valence-corrected chi connectivity index (χ0v) is 13.3. The maximum atomic E-state index is 13.0. The molecule has 0 radical (unpaired) electrons. The predicted octanol–water partition coefficient (Wildman–Crippen LogP) is 3.77. The van der Waals surface area contributed by atoms with Gasteiger partial charge in [-0.3, -0.25) is 9.78 Å². The van der Waals surface area contributed by atoms with Crippen LogP contribution in [0.4, 0.5) is 0 Å². The summed E-state index contributed by atoms with van der Waals surface area (Å²) < 4.78 is 0. The average Bonchev–Trinajstić information content (AvgIpc) is 2.78. The molecule has 2 atom stereocenters. The highest BCUT2D eigenvalue weighted by Crippen LogP contribution is 2.39. The van der Waals surface area contributed by atoms with E-state index in [0.29, 0.717) is 22.6 Å². The smallest absolute Gasteiger partial charge is 0.273 e. The maximum Gasteiger partial charge on any atom is 0.273 e. The fraction of sp³-hybridized carbons (Fsp3) is 0.412. The maximum absolute atomic E-state index is 13.0. The van der Waals surface area contributed by atoms with Crippen molar-refractivity contribution < 1.29 is 4.79 Å². The summed E-state index contributed by atoms with van der Waals surface area (Å²) >= 11 is 3.73. The third kappa shape index (κ3) is 2.16. The number of fused-ring (bicyclic) bond motifs is 3. The molecule has 0 aliphatic carbocycles. The van der Waals surface area contributed by atoms with Crippen LogP contribution in [0.15, 0.2) is 36.5 Å². The Morgan fingerprint density at radius 2 is 1.86 bits per heavy atom. The molecule has 2 aliphatic rings. The Balaban J connectivity index is 1.74. The van der Waals surface area contributed by atoms with Gasteiger partial charge in [-0.05, 0) is 37.1 Å². The van der Waals surface area contributed by atoms with Gasteiger partial charge in [-0.1, -0.05) is 40.2 Å². The minimum Gasteiger partial charge on any atom is -0.331 e. The van der Waals surface area contributed by atoms with E-state index in [4.69, 9.17) is 0 Å². The van der Waals surface area contributed by atoms with E-state index < -0.39 is 0 Å². The number of nitrogens with zero attached hydrogens (tertiary/aromatic N) is 2. The van der Waals surface area contributed by atoms with E-state index in [0.717, 1.165) is 36.5 Å². The van der Waals surface area contributed by atoms with Crippen LogP contribution in [0.1, 0.15) is 36.2 Å². The molecule has 0 spiro atoms. The lowest BCUT2D eigenvalue weighted by molar-refractivity contribution is 0.0599. The van der Waals surface area contributed by atoms with Crippen LogP contribution in [-0.4, -0.2) is 32.7 Å². The number of halogens is 1. The molecule has 21 heavy (non-hydrogen) atoms. The highest BCUT2D eigenvalue weighted by atomic mass is 79.9. The van der Waals surface area contributed by atoms with Crippen LogP contribution in [0, 0.1) is 0 Å². The van der Waals surface area contributed by atoms with Crippen molar-refractivity contribution in [2.45, 2.75) is 42.6 Å². The molecule has 0 saturated carbocycles. The number of benzene rings is 1. The summed E-state index contributed by atoms with van der Waals surface area (Å²) in [4.78, 5) is 20.1. The molecule has 4 rings (SSSR count). The van der Waals surface area contributed by atoms with Crippen molar-refractivity contribution in [3.63, 3.8) is 0 Å². The molecule has 2 fully saturated rings. The summed E-state index contributed by atoms with van der Waals surface area (Å²) in [6.45, 7) is 0. The second-order valence-electron chi connectivity index (χ2n) is 6.05. The van der Waals surface area contributed by atoms with Gasteiger partial charge in [-0.15, -0.1) is 0 Å². The van der Waals surface area contributed by atoms with Crippen LogP contribution >= 0.6 is 15.9 Å². The Labute approximate surface area is 132 Å². The van der Waals surface area contributed by atoms with Crippen molar-refractivity contribution in [3.8, 4) is 0 Å². The number of alkyl halides is 1. The molecule has 2 saturated heterocycles. The second kappa shape index (κ2) is 5.09. The molecular formula is C17H17BrN2O. The predicted molar refractivity (Wildman–Crippen MR) is 86.7 cm³/mol. The highest BCUT2D eigenvalue weighted by Gasteiger charge is 2.43. The lowest BCUT2D eigenvalue weighted by atomic mass is 10.0. The SMILES string of the molecule is O=C(c1nccc2ccccc12)N1C2CCC1CC(Br)C2. The Bertz CT molecular complexity index is 683. The third-order valence-electron chi connectivity index (χ3n) is 4.79. The number of carbonyl (C=O) groups is 1. The van der Waals surface area contributed by atoms with Crippen molar-refractivity contribution in [1.82, 2.24) is 9.88 Å². The van der Waals surface area contributed by atoms with Gasteiger partial charge in [0.2, 0.25) is 0 Å². The molecule has 2 aliphatic heterocycles. The van der Waals surface area contributed by atoms with E-state index in [9.17, 15) is 4.79 Å². The molecule has 1 aromatic carbocycles. The van der Waals surface area contributed by atoms with Crippen LogP contribution in [-0.2, 0) is 0 Å². The normalized spacial score (nSPS) is 28.0. The van der Waals surface area contributed by atoms with Crippen molar-refractivity contribution in [2.75, 3.05) is 0 Å². The number of piperidine rings is 1. The average molecular weight is 345 g/mol. The Morgan fingerprint density at radius 3 is 2.62 bits per heavy atom. The number of hydrogen-bond acceptors (Lipinski definition) is 2. The fourth-order valence-corrected chi connectivity index (χ4v) is 4.72. The van der Waals surface area contributed by atoms with E-state index in [1.165, 1.54) is 0 Å².